The molecule has 0 unspecified atom stereocenters. The van der Waals surface area contributed by atoms with Crippen molar-refractivity contribution in [3.63, 3.8) is 0 Å². The molecule has 0 aromatic heterocycles. The third kappa shape index (κ3) is 2.21. The third-order valence-corrected chi connectivity index (χ3v) is 2.23. The van der Waals surface area contributed by atoms with Crippen molar-refractivity contribution >= 4 is 5.97 Å². The van der Waals surface area contributed by atoms with Gasteiger partial charge in [0.1, 0.15) is 5.60 Å². The van der Waals surface area contributed by atoms with Gasteiger partial charge in [-0.2, -0.15) is 0 Å². The van der Waals surface area contributed by atoms with Crippen LogP contribution in [0.5, 0.6) is 0 Å². The van der Waals surface area contributed by atoms with Gasteiger partial charge in [-0.3, -0.25) is 4.79 Å². The lowest BCUT2D eigenvalue weighted by atomic mass is 9.82. The molecule has 0 aliphatic heterocycles. The monoisotopic (exact) mass is 156 g/mol. The Labute approximate surface area is 67.9 Å². The van der Waals surface area contributed by atoms with Gasteiger partial charge in [-0.25, -0.2) is 0 Å². The molecule has 0 atom stereocenters. The second-order valence-corrected chi connectivity index (χ2v) is 3.53. The van der Waals surface area contributed by atoms with Crippen LogP contribution in [-0.2, 0) is 9.53 Å². The molecule has 0 amide bonds. The van der Waals surface area contributed by atoms with E-state index in [-0.39, 0.29) is 11.6 Å². The molecule has 0 aromatic carbocycles. The SMILES string of the molecule is CCCC(=O)OC1(C)CCC1. The van der Waals surface area contributed by atoms with Crippen LogP contribution in [0, 0.1) is 0 Å². The number of ether oxygens (including phenoxy) is 1. The largest absolute Gasteiger partial charge is 0.459 e. The molecule has 0 N–H and O–H groups in total. The van der Waals surface area contributed by atoms with Crippen molar-refractivity contribution in [3.05, 3.63) is 0 Å². The first kappa shape index (κ1) is 8.57. The maximum atomic E-state index is 11.0. The molecule has 1 aliphatic rings. The molecule has 0 radical (unpaired) electrons. The zero-order chi connectivity index (χ0) is 8.32. The second kappa shape index (κ2) is 3.24. The number of rotatable bonds is 3. The highest BCUT2D eigenvalue weighted by molar-refractivity contribution is 5.69. The van der Waals surface area contributed by atoms with Gasteiger partial charge in [-0.05, 0) is 32.6 Å². The average molecular weight is 156 g/mol. The van der Waals surface area contributed by atoms with Crippen LogP contribution in [-0.4, -0.2) is 11.6 Å². The van der Waals surface area contributed by atoms with Crippen molar-refractivity contribution in [3.8, 4) is 0 Å². The summed E-state index contributed by atoms with van der Waals surface area (Å²) < 4.78 is 5.28. The lowest BCUT2D eigenvalue weighted by molar-refractivity contribution is -0.166. The fraction of sp³-hybridized carbons (Fsp3) is 0.889. The smallest absolute Gasteiger partial charge is 0.306 e. The van der Waals surface area contributed by atoms with Gasteiger partial charge in [-0.15, -0.1) is 0 Å². The highest BCUT2D eigenvalue weighted by atomic mass is 16.6. The molecule has 1 saturated carbocycles. The van der Waals surface area contributed by atoms with Crippen LogP contribution in [0.4, 0.5) is 0 Å². The zero-order valence-electron chi connectivity index (χ0n) is 7.35. The van der Waals surface area contributed by atoms with E-state index in [4.69, 9.17) is 4.74 Å². The molecule has 1 aliphatic carbocycles. The number of carbonyl (C=O) groups is 1. The van der Waals surface area contributed by atoms with Crippen molar-refractivity contribution in [2.24, 2.45) is 0 Å². The van der Waals surface area contributed by atoms with Crippen LogP contribution in [0.2, 0.25) is 0 Å². The van der Waals surface area contributed by atoms with Gasteiger partial charge < -0.3 is 4.74 Å². The van der Waals surface area contributed by atoms with E-state index in [2.05, 4.69) is 0 Å². The molecule has 2 nitrogen and oxygen atoms in total. The fourth-order valence-corrected chi connectivity index (χ4v) is 1.31. The molecular formula is C9H16O2. The van der Waals surface area contributed by atoms with E-state index in [1.165, 1.54) is 6.42 Å². The Morgan fingerprint density at radius 2 is 2.18 bits per heavy atom. The summed E-state index contributed by atoms with van der Waals surface area (Å²) in [5, 5.41) is 0. The summed E-state index contributed by atoms with van der Waals surface area (Å²) in [5.74, 6) is -0.0327. The van der Waals surface area contributed by atoms with E-state index in [0.29, 0.717) is 6.42 Å². The summed E-state index contributed by atoms with van der Waals surface area (Å²) in [5.41, 5.74) is -0.105. The van der Waals surface area contributed by atoms with Crippen LogP contribution in [0.15, 0.2) is 0 Å². The summed E-state index contributed by atoms with van der Waals surface area (Å²) in [4.78, 5) is 11.0. The molecule has 64 valence electrons. The van der Waals surface area contributed by atoms with Crippen molar-refractivity contribution in [2.75, 3.05) is 0 Å². The van der Waals surface area contributed by atoms with E-state index in [1.807, 2.05) is 13.8 Å². The van der Waals surface area contributed by atoms with E-state index in [1.54, 1.807) is 0 Å². The summed E-state index contributed by atoms with van der Waals surface area (Å²) in [6.45, 7) is 4.01. The predicted molar refractivity (Wildman–Crippen MR) is 43.3 cm³/mol. The molecule has 11 heavy (non-hydrogen) atoms. The quantitative estimate of drug-likeness (QED) is 0.586. The van der Waals surface area contributed by atoms with Gasteiger partial charge in [0, 0.05) is 6.42 Å². The molecule has 1 fully saturated rings. The molecule has 0 heterocycles. The van der Waals surface area contributed by atoms with Gasteiger partial charge in [0.25, 0.3) is 0 Å². The minimum Gasteiger partial charge on any atom is -0.459 e. The third-order valence-electron chi connectivity index (χ3n) is 2.23. The first-order valence-corrected chi connectivity index (χ1v) is 4.38. The molecule has 1 rings (SSSR count). The Balaban J connectivity index is 2.23. The summed E-state index contributed by atoms with van der Waals surface area (Å²) in [6.07, 6.45) is 4.74. The summed E-state index contributed by atoms with van der Waals surface area (Å²) in [6, 6.07) is 0. The number of esters is 1. The average Bonchev–Trinajstić information content (AvgIpc) is 1.85. The Hall–Kier alpha value is -0.530. The molecule has 0 bridgehead atoms. The minimum absolute atomic E-state index is 0.0327. The normalized spacial score (nSPS) is 20.5. The summed E-state index contributed by atoms with van der Waals surface area (Å²) in [7, 11) is 0. The van der Waals surface area contributed by atoms with Crippen molar-refractivity contribution in [1.29, 1.82) is 0 Å². The highest BCUT2D eigenvalue weighted by Gasteiger charge is 2.35. The second-order valence-electron chi connectivity index (χ2n) is 3.53. The lowest BCUT2D eigenvalue weighted by Gasteiger charge is -2.37. The Kier molecular flexibility index (Phi) is 2.53. The van der Waals surface area contributed by atoms with Gasteiger partial charge in [0.2, 0.25) is 0 Å². The van der Waals surface area contributed by atoms with Crippen molar-refractivity contribution in [1.82, 2.24) is 0 Å². The summed E-state index contributed by atoms with van der Waals surface area (Å²) >= 11 is 0. The molecule has 2 heteroatoms. The first-order valence-electron chi connectivity index (χ1n) is 4.38. The van der Waals surface area contributed by atoms with Gasteiger partial charge in [0.05, 0.1) is 0 Å². The highest BCUT2D eigenvalue weighted by Crippen LogP contribution is 2.35. The molecule has 0 saturated heterocycles. The van der Waals surface area contributed by atoms with E-state index < -0.39 is 0 Å². The van der Waals surface area contributed by atoms with E-state index >= 15 is 0 Å². The van der Waals surface area contributed by atoms with Crippen LogP contribution < -0.4 is 0 Å². The van der Waals surface area contributed by atoms with Gasteiger partial charge in [0.15, 0.2) is 0 Å². The topological polar surface area (TPSA) is 26.3 Å². The molecule has 0 aromatic rings. The Morgan fingerprint density at radius 1 is 1.55 bits per heavy atom. The fourth-order valence-electron chi connectivity index (χ4n) is 1.31. The number of hydrogen-bond acceptors (Lipinski definition) is 2. The van der Waals surface area contributed by atoms with Crippen LogP contribution in [0.1, 0.15) is 46.0 Å². The van der Waals surface area contributed by atoms with Crippen LogP contribution >= 0.6 is 0 Å². The van der Waals surface area contributed by atoms with Crippen molar-refractivity contribution < 1.29 is 9.53 Å². The first-order chi connectivity index (χ1) is 5.16. The lowest BCUT2D eigenvalue weighted by Crippen LogP contribution is -2.38. The zero-order valence-corrected chi connectivity index (χ0v) is 7.35. The number of carbonyl (C=O) groups excluding carboxylic acids is 1. The van der Waals surface area contributed by atoms with Crippen molar-refractivity contribution in [2.45, 2.75) is 51.6 Å². The minimum atomic E-state index is -0.105. The number of hydrogen-bond donors (Lipinski definition) is 0. The van der Waals surface area contributed by atoms with E-state index in [9.17, 15) is 4.79 Å². The maximum Gasteiger partial charge on any atom is 0.306 e. The van der Waals surface area contributed by atoms with Gasteiger partial charge >= 0.3 is 5.97 Å². The molecular weight excluding hydrogens is 140 g/mol. The molecule has 0 spiro atoms. The Morgan fingerprint density at radius 3 is 2.55 bits per heavy atom. The standard InChI is InChI=1S/C9H16O2/c1-3-5-8(10)11-9(2)6-4-7-9/h3-7H2,1-2H3. The predicted octanol–water partition coefficient (Wildman–Crippen LogP) is 2.27. The maximum absolute atomic E-state index is 11.0. The van der Waals surface area contributed by atoms with Gasteiger partial charge in [-0.1, -0.05) is 6.92 Å². The van der Waals surface area contributed by atoms with Crippen LogP contribution in [0.3, 0.4) is 0 Å². The van der Waals surface area contributed by atoms with E-state index in [0.717, 1.165) is 19.3 Å². The Bertz CT molecular complexity index is 148. The van der Waals surface area contributed by atoms with Crippen LogP contribution in [0.25, 0.3) is 0 Å².